The predicted molar refractivity (Wildman–Crippen MR) is 99.1 cm³/mol. The van der Waals surface area contributed by atoms with Gasteiger partial charge in [-0.05, 0) is 24.1 Å². The monoisotopic (exact) mass is 367 g/mol. The zero-order valence-electron chi connectivity index (χ0n) is 14.9. The maximum absolute atomic E-state index is 12.2. The van der Waals surface area contributed by atoms with Gasteiger partial charge in [0.2, 0.25) is 5.76 Å². The molecule has 1 fully saturated rings. The fourth-order valence-corrected chi connectivity index (χ4v) is 2.93. The van der Waals surface area contributed by atoms with E-state index in [1.54, 1.807) is 6.07 Å². The first-order chi connectivity index (χ1) is 13.3. The minimum atomic E-state index is -0.266. The Labute approximate surface area is 156 Å². The molecule has 1 aliphatic rings. The number of para-hydroxylation sites is 1. The number of carbonyl (C=O) groups is 1. The first-order valence-corrected chi connectivity index (χ1v) is 8.96. The van der Waals surface area contributed by atoms with E-state index in [4.69, 9.17) is 9.26 Å². The maximum atomic E-state index is 12.2. The lowest BCUT2D eigenvalue weighted by Crippen LogP contribution is -2.36. The Hall–Kier alpha value is -3.13. The fraction of sp³-hybridized carbons (Fsp3) is 0.316. The third-order valence-electron chi connectivity index (χ3n) is 4.41. The van der Waals surface area contributed by atoms with Crippen LogP contribution >= 0.6 is 0 Å². The molecule has 140 valence electrons. The molecule has 1 aliphatic heterocycles. The molecule has 3 aromatic rings. The highest BCUT2D eigenvalue weighted by molar-refractivity contribution is 5.92. The second-order valence-electron chi connectivity index (χ2n) is 6.28. The molecule has 0 radical (unpaired) electrons. The summed E-state index contributed by atoms with van der Waals surface area (Å²) in [4.78, 5) is 14.3. The summed E-state index contributed by atoms with van der Waals surface area (Å²) in [6, 6.07) is 11.6. The number of carbonyl (C=O) groups excluding carboxylic acids is 1. The molecule has 1 amide bonds. The van der Waals surface area contributed by atoms with Crippen molar-refractivity contribution in [2.24, 2.45) is 0 Å². The summed E-state index contributed by atoms with van der Waals surface area (Å²) in [5.74, 6) is 0.626. The van der Waals surface area contributed by atoms with Crippen molar-refractivity contribution in [2.75, 3.05) is 37.7 Å². The van der Waals surface area contributed by atoms with E-state index in [0.717, 1.165) is 24.3 Å². The summed E-state index contributed by atoms with van der Waals surface area (Å²) in [7, 11) is 0. The van der Waals surface area contributed by atoms with Gasteiger partial charge < -0.3 is 19.5 Å². The number of nitrogens with zero attached hydrogens (tertiary/aromatic N) is 4. The zero-order chi connectivity index (χ0) is 18.5. The number of benzene rings is 1. The zero-order valence-corrected chi connectivity index (χ0v) is 14.9. The standard InChI is InChI=1S/C19H21N5O3/c25-19(17-12-18(22-27-17)23-8-10-26-11-9-23)20-7-6-15-13-21-24(14-15)16-4-2-1-3-5-16/h1-5,12-14H,6-11H2,(H,20,25). The van der Waals surface area contributed by atoms with Gasteiger partial charge in [-0.3, -0.25) is 4.79 Å². The highest BCUT2D eigenvalue weighted by atomic mass is 16.5. The first-order valence-electron chi connectivity index (χ1n) is 8.96. The van der Waals surface area contributed by atoms with Gasteiger partial charge in [0.25, 0.3) is 5.91 Å². The second kappa shape index (κ2) is 8.05. The smallest absolute Gasteiger partial charge is 0.289 e. The van der Waals surface area contributed by atoms with Crippen molar-refractivity contribution in [1.29, 1.82) is 0 Å². The molecule has 27 heavy (non-hydrogen) atoms. The van der Waals surface area contributed by atoms with Gasteiger partial charge in [-0.25, -0.2) is 4.68 Å². The van der Waals surface area contributed by atoms with Gasteiger partial charge in [-0.15, -0.1) is 0 Å². The average Bonchev–Trinajstić information content (AvgIpc) is 3.39. The molecular weight excluding hydrogens is 346 g/mol. The predicted octanol–water partition coefficient (Wildman–Crippen LogP) is 1.67. The van der Waals surface area contributed by atoms with Crippen LogP contribution in [0.25, 0.3) is 5.69 Å². The van der Waals surface area contributed by atoms with Gasteiger partial charge in [0.05, 0.1) is 25.1 Å². The Morgan fingerprint density at radius 2 is 2.00 bits per heavy atom. The van der Waals surface area contributed by atoms with E-state index in [1.807, 2.05) is 52.3 Å². The molecule has 0 aliphatic carbocycles. The van der Waals surface area contributed by atoms with E-state index in [-0.39, 0.29) is 11.7 Å². The van der Waals surface area contributed by atoms with Crippen molar-refractivity contribution < 1.29 is 14.1 Å². The van der Waals surface area contributed by atoms with Crippen LogP contribution in [0.4, 0.5) is 5.82 Å². The summed E-state index contributed by atoms with van der Waals surface area (Å²) in [6.07, 6.45) is 4.46. The highest BCUT2D eigenvalue weighted by Crippen LogP contribution is 2.15. The number of rotatable bonds is 6. The quantitative estimate of drug-likeness (QED) is 0.713. The molecule has 0 unspecified atom stereocenters. The average molecular weight is 367 g/mol. The lowest BCUT2D eigenvalue weighted by atomic mass is 10.2. The molecule has 2 aromatic heterocycles. The molecule has 1 N–H and O–H groups in total. The van der Waals surface area contributed by atoms with E-state index >= 15 is 0 Å². The van der Waals surface area contributed by atoms with Gasteiger partial charge in [0.15, 0.2) is 5.82 Å². The molecule has 8 nitrogen and oxygen atoms in total. The normalized spacial score (nSPS) is 14.3. The van der Waals surface area contributed by atoms with Crippen molar-refractivity contribution in [2.45, 2.75) is 6.42 Å². The SMILES string of the molecule is O=C(NCCc1cnn(-c2ccccc2)c1)c1cc(N2CCOCC2)no1. The lowest BCUT2D eigenvalue weighted by molar-refractivity contribution is 0.0917. The second-order valence-corrected chi connectivity index (χ2v) is 6.28. The minimum Gasteiger partial charge on any atom is -0.378 e. The van der Waals surface area contributed by atoms with Gasteiger partial charge in [-0.2, -0.15) is 5.10 Å². The third-order valence-corrected chi connectivity index (χ3v) is 4.41. The number of morpholine rings is 1. The Morgan fingerprint density at radius 1 is 1.19 bits per heavy atom. The molecule has 8 heteroatoms. The van der Waals surface area contributed by atoms with Crippen LogP contribution in [0.5, 0.6) is 0 Å². The van der Waals surface area contributed by atoms with Crippen molar-refractivity contribution in [1.82, 2.24) is 20.3 Å². The first kappa shape index (κ1) is 17.3. The summed E-state index contributed by atoms with van der Waals surface area (Å²) in [5.41, 5.74) is 2.05. The van der Waals surface area contributed by atoms with Crippen molar-refractivity contribution in [3.8, 4) is 5.69 Å². The Morgan fingerprint density at radius 3 is 2.81 bits per heavy atom. The summed E-state index contributed by atoms with van der Waals surface area (Å²) in [5, 5.41) is 11.2. The summed E-state index contributed by atoms with van der Waals surface area (Å²) >= 11 is 0. The van der Waals surface area contributed by atoms with Crippen LogP contribution in [0.2, 0.25) is 0 Å². The van der Waals surface area contributed by atoms with Crippen molar-refractivity contribution >= 4 is 11.7 Å². The molecule has 3 heterocycles. The topological polar surface area (TPSA) is 85.4 Å². The van der Waals surface area contributed by atoms with Crippen LogP contribution in [-0.4, -0.2) is 53.7 Å². The Kier molecular flexibility index (Phi) is 5.15. The van der Waals surface area contributed by atoms with Crippen molar-refractivity contribution in [3.63, 3.8) is 0 Å². The largest absolute Gasteiger partial charge is 0.378 e. The lowest BCUT2D eigenvalue weighted by Gasteiger charge is -2.25. The molecule has 0 atom stereocenters. The van der Waals surface area contributed by atoms with Crippen LogP contribution in [0.1, 0.15) is 16.1 Å². The number of aromatic nitrogens is 3. The highest BCUT2D eigenvalue weighted by Gasteiger charge is 2.18. The Bertz CT molecular complexity index is 884. The van der Waals surface area contributed by atoms with Crippen LogP contribution in [0.3, 0.4) is 0 Å². The fourth-order valence-electron chi connectivity index (χ4n) is 2.93. The molecule has 4 rings (SSSR count). The number of amides is 1. The van der Waals surface area contributed by atoms with Crippen molar-refractivity contribution in [3.05, 3.63) is 60.1 Å². The van der Waals surface area contributed by atoms with Gasteiger partial charge in [-0.1, -0.05) is 23.4 Å². The van der Waals surface area contributed by atoms with E-state index in [0.29, 0.717) is 32.0 Å². The maximum Gasteiger partial charge on any atom is 0.289 e. The number of ether oxygens (including phenoxy) is 1. The molecule has 1 aromatic carbocycles. The molecule has 0 saturated carbocycles. The molecule has 1 saturated heterocycles. The van der Waals surface area contributed by atoms with Gasteiger partial charge >= 0.3 is 0 Å². The van der Waals surface area contributed by atoms with Crippen LogP contribution in [0.15, 0.2) is 53.3 Å². The van der Waals surface area contributed by atoms with E-state index in [9.17, 15) is 4.79 Å². The summed E-state index contributed by atoms with van der Waals surface area (Å²) < 4.78 is 12.3. The number of anilines is 1. The third kappa shape index (κ3) is 4.17. The minimum absolute atomic E-state index is 0.219. The van der Waals surface area contributed by atoms with E-state index in [2.05, 4.69) is 15.6 Å². The number of hydrogen-bond acceptors (Lipinski definition) is 6. The van der Waals surface area contributed by atoms with Crippen LogP contribution in [-0.2, 0) is 11.2 Å². The van der Waals surface area contributed by atoms with Gasteiger partial charge in [0, 0.05) is 31.9 Å². The molecule has 0 bridgehead atoms. The Balaban J connectivity index is 1.29. The number of nitrogens with one attached hydrogen (secondary N) is 1. The molecular formula is C19H21N5O3. The number of hydrogen-bond donors (Lipinski definition) is 1. The van der Waals surface area contributed by atoms with Crippen LogP contribution < -0.4 is 10.2 Å². The van der Waals surface area contributed by atoms with E-state index < -0.39 is 0 Å². The molecule has 0 spiro atoms. The van der Waals surface area contributed by atoms with Crippen LogP contribution in [0, 0.1) is 0 Å². The summed E-state index contributed by atoms with van der Waals surface area (Å²) in [6.45, 7) is 3.31. The van der Waals surface area contributed by atoms with E-state index in [1.165, 1.54) is 0 Å². The van der Waals surface area contributed by atoms with Gasteiger partial charge in [0.1, 0.15) is 0 Å².